The summed E-state index contributed by atoms with van der Waals surface area (Å²) in [5.41, 5.74) is 10.2. The summed E-state index contributed by atoms with van der Waals surface area (Å²) in [7, 11) is 0. The smallest absolute Gasteiger partial charge is 0.210 e. The molecule has 0 atom stereocenters. The van der Waals surface area contributed by atoms with Crippen molar-refractivity contribution < 1.29 is 4.42 Å². The quantitative estimate of drug-likeness (QED) is 0.184. The Kier molecular flexibility index (Phi) is 5.64. The monoisotopic (exact) mass is 624 g/mol. The molecule has 49 heavy (non-hydrogen) atoms. The van der Waals surface area contributed by atoms with E-state index < -0.39 is 0 Å². The van der Waals surface area contributed by atoms with E-state index in [1.807, 2.05) is 66.7 Å². The van der Waals surface area contributed by atoms with Crippen molar-refractivity contribution in [2.75, 3.05) is 0 Å². The van der Waals surface area contributed by atoms with Crippen LogP contribution in [0.1, 0.15) is 5.56 Å². The Bertz CT molecular complexity index is 3030. The van der Waals surface area contributed by atoms with Gasteiger partial charge in [0, 0.05) is 32.3 Å². The van der Waals surface area contributed by atoms with Crippen molar-refractivity contribution in [3.8, 4) is 28.6 Å². The average molecular weight is 625 g/mol. The molecule has 5 heteroatoms. The fourth-order valence-electron chi connectivity index (χ4n) is 7.63. The third kappa shape index (κ3) is 3.79. The van der Waals surface area contributed by atoms with Crippen LogP contribution in [0.15, 0.2) is 150 Å². The molecule has 10 aromatic rings. The van der Waals surface area contributed by atoms with E-state index in [0.717, 1.165) is 88.1 Å². The summed E-state index contributed by atoms with van der Waals surface area (Å²) >= 11 is 0. The number of fused-ring (bicyclic) bond motifs is 10. The second-order valence-electron chi connectivity index (χ2n) is 12.3. The van der Waals surface area contributed by atoms with Gasteiger partial charge < -0.3 is 13.6 Å². The lowest BCUT2D eigenvalue weighted by Gasteiger charge is -2.15. The first-order valence-electron chi connectivity index (χ1n) is 16.1. The fourth-order valence-corrected chi connectivity index (χ4v) is 7.63. The number of furan rings is 1. The van der Waals surface area contributed by atoms with Crippen LogP contribution in [-0.4, -0.2) is 9.13 Å². The molecule has 0 radical (unpaired) electrons. The van der Waals surface area contributed by atoms with E-state index in [9.17, 15) is 5.26 Å². The summed E-state index contributed by atoms with van der Waals surface area (Å²) < 4.78 is 10.9. The molecule has 0 aliphatic rings. The summed E-state index contributed by atoms with van der Waals surface area (Å²) in [6.07, 6.45) is 0. The molecule has 0 N–H and O–H groups in total. The maximum absolute atomic E-state index is 10.5. The van der Waals surface area contributed by atoms with Crippen LogP contribution in [0, 0.1) is 17.9 Å². The number of para-hydroxylation sites is 4. The molecule has 3 aromatic heterocycles. The standard InChI is InChI=1S/C44H24N4O/c1-46-36-23-20-28(25-41(36)47-37-14-6-2-10-30(37)31-11-3-7-15-38(31)47)27-18-19-29(26-45)40(24-27)48-39-16-8-4-12-32(39)34-21-22-35-33-13-5-9-17-42(33)49-44(35)43(34)48/h2-25H. The average Bonchev–Trinajstić information content (AvgIpc) is 3.82. The van der Waals surface area contributed by atoms with E-state index in [1.54, 1.807) is 0 Å². The summed E-state index contributed by atoms with van der Waals surface area (Å²) in [5.74, 6) is 0. The highest BCUT2D eigenvalue weighted by Crippen LogP contribution is 2.42. The van der Waals surface area contributed by atoms with Gasteiger partial charge in [0.1, 0.15) is 11.7 Å². The molecule has 0 aliphatic heterocycles. The molecule has 10 rings (SSSR count). The highest BCUT2D eigenvalue weighted by atomic mass is 16.3. The van der Waals surface area contributed by atoms with Gasteiger partial charge in [-0.15, -0.1) is 0 Å². The van der Waals surface area contributed by atoms with Crippen LogP contribution in [0.2, 0.25) is 0 Å². The Morgan fingerprint density at radius 3 is 1.76 bits per heavy atom. The highest BCUT2D eigenvalue weighted by Gasteiger charge is 2.21. The summed E-state index contributed by atoms with van der Waals surface area (Å²) in [6.45, 7) is 8.08. The molecule has 3 heterocycles. The van der Waals surface area contributed by atoms with Crippen LogP contribution in [-0.2, 0) is 0 Å². The first kappa shape index (κ1) is 27.1. The Hall–Kier alpha value is -7.08. The molecule has 0 unspecified atom stereocenters. The van der Waals surface area contributed by atoms with Crippen molar-refractivity contribution in [2.45, 2.75) is 0 Å². The van der Waals surface area contributed by atoms with E-state index in [2.05, 4.69) is 98.9 Å². The van der Waals surface area contributed by atoms with Crippen molar-refractivity contribution in [3.63, 3.8) is 0 Å². The Labute approximate surface area is 280 Å². The van der Waals surface area contributed by atoms with Crippen molar-refractivity contribution >= 4 is 71.2 Å². The first-order chi connectivity index (χ1) is 24.2. The van der Waals surface area contributed by atoms with Crippen molar-refractivity contribution in [2.24, 2.45) is 0 Å². The summed E-state index contributed by atoms with van der Waals surface area (Å²) in [6, 6.07) is 51.8. The van der Waals surface area contributed by atoms with Gasteiger partial charge >= 0.3 is 0 Å². The zero-order valence-electron chi connectivity index (χ0n) is 26.1. The van der Waals surface area contributed by atoms with Gasteiger partial charge in [0.2, 0.25) is 5.69 Å². The Balaban J connectivity index is 1.25. The second kappa shape index (κ2) is 10.2. The maximum Gasteiger partial charge on any atom is 0.210 e. The van der Waals surface area contributed by atoms with Gasteiger partial charge in [-0.3, -0.25) is 0 Å². The molecule has 5 nitrogen and oxygen atoms in total. The predicted molar refractivity (Wildman–Crippen MR) is 199 cm³/mol. The first-order valence-corrected chi connectivity index (χ1v) is 16.1. The van der Waals surface area contributed by atoms with Crippen LogP contribution in [0.5, 0.6) is 0 Å². The molecule has 0 aliphatic carbocycles. The summed E-state index contributed by atoms with van der Waals surface area (Å²) in [4.78, 5) is 3.95. The summed E-state index contributed by atoms with van der Waals surface area (Å²) in [5, 5.41) is 17.0. The van der Waals surface area contributed by atoms with Crippen molar-refractivity contribution in [3.05, 3.63) is 163 Å². The van der Waals surface area contributed by atoms with Gasteiger partial charge in [-0.1, -0.05) is 97.1 Å². The van der Waals surface area contributed by atoms with Crippen molar-refractivity contribution in [1.82, 2.24) is 9.13 Å². The zero-order chi connectivity index (χ0) is 32.6. The van der Waals surface area contributed by atoms with Gasteiger partial charge in [-0.05, 0) is 59.7 Å². The predicted octanol–water partition coefficient (Wildman–Crippen LogP) is 11.9. The molecular formula is C44H24N4O. The van der Waals surface area contributed by atoms with Gasteiger partial charge in [0.25, 0.3) is 0 Å². The van der Waals surface area contributed by atoms with E-state index in [4.69, 9.17) is 11.0 Å². The van der Waals surface area contributed by atoms with Crippen LogP contribution in [0.3, 0.4) is 0 Å². The molecule has 7 aromatic carbocycles. The van der Waals surface area contributed by atoms with Crippen molar-refractivity contribution in [1.29, 1.82) is 5.26 Å². The maximum atomic E-state index is 10.5. The molecule has 0 spiro atoms. The molecule has 226 valence electrons. The lowest BCUT2D eigenvalue weighted by atomic mass is 10.0. The minimum absolute atomic E-state index is 0.555. The minimum atomic E-state index is 0.555. The number of nitrogens with zero attached hydrogens (tertiary/aromatic N) is 4. The normalized spacial score (nSPS) is 11.6. The number of rotatable bonds is 3. The lowest BCUT2D eigenvalue weighted by Crippen LogP contribution is -1.99. The van der Waals surface area contributed by atoms with Crippen LogP contribution in [0.25, 0.3) is 92.9 Å². The van der Waals surface area contributed by atoms with Gasteiger partial charge in [0.05, 0.1) is 45.6 Å². The fraction of sp³-hybridized carbons (Fsp3) is 0. The van der Waals surface area contributed by atoms with Crippen LogP contribution < -0.4 is 0 Å². The van der Waals surface area contributed by atoms with Gasteiger partial charge in [-0.2, -0.15) is 5.26 Å². The zero-order valence-corrected chi connectivity index (χ0v) is 26.1. The third-order valence-corrected chi connectivity index (χ3v) is 9.79. The van der Waals surface area contributed by atoms with E-state index >= 15 is 0 Å². The molecular weight excluding hydrogens is 601 g/mol. The van der Waals surface area contributed by atoms with Crippen LogP contribution in [0.4, 0.5) is 5.69 Å². The molecule has 0 saturated heterocycles. The minimum Gasteiger partial charge on any atom is -0.454 e. The number of benzene rings is 7. The molecule has 0 fully saturated rings. The SMILES string of the molecule is [C-]#[N+]c1ccc(-c2ccc(C#N)c(-n3c4ccccc4c4ccc5c6ccccc6oc5c43)c2)cc1-n1c2ccccc2c2ccccc21. The van der Waals surface area contributed by atoms with E-state index in [-0.39, 0.29) is 0 Å². The number of hydrogen-bond donors (Lipinski definition) is 0. The Morgan fingerprint density at radius 1 is 0.531 bits per heavy atom. The van der Waals surface area contributed by atoms with Gasteiger partial charge in [0.15, 0.2) is 5.58 Å². The topological polar surface area (TPSA) is 51.1 Å². The van der Waals surface area contributed by atoms with Crippen LogP contribution >= 0.6 is 0 Å². The molecule has 0 amide bonds. The van der Waals surface area contributed by atoms with Gasteiger partial charge in [-0.25, -0.2) is 4.85 Å². The number of aromatic nitrogens is 2. The number of nitriles is 1. The Morgan fingerprint density at radius 2 is 1.08 bits per heavy atom. The third-order valence-electron chi connectivity index (χ3n) is 9.79. The molecule has 0 bridgehead atoms. The highest BCUT2D eigenvalue weighted by molar-refractivity contribution is 6.21. The lowest BCUT2D eigenvalue weighted by molar-refractivity contribution is 0.671. The molecule has 0 saturated carbocycles. The van der Waals surface area contributed by atoms with E-state index in [0.29, 0.717) is 11.3 Å². The van der Waals surface area contributed by atoms with E-state index in [1.165, 1.54) is 0 Å². The number of hydrogen-bond acceptors (Lipinski definition) is 2. The second-order valence-corrected chi connectivity index (χ2v) is 12.3. The largest absolute Gasteiger partial charge is 0.454 e.